The molecule has 1 aliphatic heterocycles. The minimum atomic E-state index is 0.0305. The lowest BCUT2D eigenvalue weighted by atomic mass is 10.1. The molecule has 0 spiro atoms. The molecule has 0 aliphatic carbocycles. The lowest BCUT2D eigenvalue weighted by Crippen LogP contribution is -2.25. The number of hydrogen-bond acceptors (Lipinski definition) is 4. The van der Waals surface area contributed by atoms with Crippen LogP contribution in [0.4, 0.5) is 5.69 Å². The number of amides is 1. The topological polar surface area (TPSA) is 56.6 Å². The van der Waals surface area contributed by atoms with Crippen LogP contribution < -0.4 is 14.4 Å². The third-order valence-corrected chi connectivity index (χ3v) is 7.01. The maximum atomic E-state index is 13.1. The molecule has 1 atom stereocenters. The van der Waals surface area contributed by atoms with E-state index in [0.717, 1.165) is 59.9 Å². The van der Waals surface area contributed by atoms with Crippen LogP contribution in [0.3, 0.4) is 0 Å². The fourth-order valence-electron chi connectivity index (χ4n) is 5.10. The van der Waals surface area contributed by atoms with Crippen LogP contribution in [0.25, 0.3) is 11.0 Å². The predicted octanol–water partition coefficient (Wildman–Crippen LogP) is 6.38. The van der Waals surface area contributed by atoms with Gasteiger partial charge in [-0.3, -0.25) is 4.79 Å². The number of imidazole rings is 1. The summed E-state index contributed by atoms with van der Waals surface area (Å²) < 4.78 is 14.1. The van der Waals surface area contributed by atoms with Crippen molar-refractivity contribution in [3.63, 3.8) is 0 Å². The van der Waals surface area contributed by atoms with Gasteiger partial charge in [0.2, 0.25) is 5.91 Å². The van der Waals surface area contributed by atoms with Crippen molar-refractivity contribution in [1.82, 2.24) is 9.55 Å². The Hall–Kier alpha value is -3.80. The van der Waals surface area contributed by atoms with Gasteiger partial charge in [-0.05, 0) is 68.1 Å². The largest absolute Gasteiger partial charge is 0.494 e. The lowest BCUT2D eigenvalue weighted by Gasteiger charge is -2.20. The second-order valence-corrected chi connectivity index (χ2v) is 9.47. The zero-order valence-electron chi connectivity index (χ0n) is 21.7. The summed E-state index contributed by atoms with van der Waals surface area (Å²) in [6.45, 7) is 6.80. The minimum Gasteiger partial charge on any atom is -0.494 e. The van der Waals surface area contributed by atoms with Gasteiger partial charge in [0.15, 0.2) is 0 Å². The molecular formula is C31H35N3O3. The van der Waals surface area contributed by atoms with Crippen LogP contribution >= 0.6 is 0 Å². The number of carbonyl (C=O) groups is 1. The van der Waals surface area contributed by atoms with Crippen LogP contribution in [0.15, 0.2) is 72.8 Å². The highest BCUT2D eigenvalue weighted by Crippen LogP contribution is 2.37. The molecule has 37 heavy (non-hydrogen) atoms. The number of unbranched alkanes of at least 4 members (excludes halogenated alkanes) is 1. The number of fused-ring (bicyclic) bond motifs is 1. The van der Waals surface area contributed by atoms with Crippen LogP contribution in [0, 0.1) is 0 Å². The maximum absolute atomic E-state index is 13.1. The third-order valence-electron chi connectivity index (χ3n) is 7.01. The predicted molar refractivity (Wildman–Crippen MR) is 148 cm³/mol. The summed E-state index contributed by atoms with van der Waals surface area (Å²) in [5.74, 6) is 2.79. The zero-order valence-corrected chi connectivity index (χ0v) is 21.7. The average molecular weight is 498 g/mol. The highest BCUT2D eigenvalue weighted by atomic mass is 16.5. The molecule has 4 aromatic rings. The van der Waals surface area contributed by atoms with Crippen molar-refractivity contribution < 1.29 is 14.3 Å². The van der Waals surface area contributed by atoms with Gasteiger partial charge in [-0.2, -0.15) is 0 Å². The van der Waals surface area contributed by atoms with Gasteiger partial charge in [0, 0.05) is 25.4 Å². The Morgan fingerprint density at radius 3 is 2.51 bits per heavy atom. The Bertz CT molecular complexity index is 1350. The highest BCUT2D eigenvalue weighted by molar-refractivity contribution is 5.97. The van der Waals surface area contributed by atoms with E-state index in [2.05, 4.69) is 41.8 Å². The first-order valence-electron chi connectivity index (χ1n) is 13.4. The van der Waals surface area contributed by atoms with E-state index in [0.29, 0.717) is 26.2 Å². The summed E-state index contributed by atoms with van der Waals surface area (Å²) in [7, 11) is 0. The number of carbonyl (C=O) groups excluding carboxylic acids is 1. The number of para-hydroxylation sites is 4. The molecule has 5 rings (SSSR count). The molecule has 1 aromatic heterocycles. The summed E-state index contributed by atoms with van der Waals surface area (Å²) in [6.07, 6.45) is 3.39. The van der Waals surface area contributed by atoms with E-state index in [9.17, 15) is 4.79 Å². The maximum Gasteiger partial charge on any atom is 0.227 e. The van der Waals surface area contributed by atoms with Crippen molar-refractivity contribution in [2.75, 3.05) is 24.7 Å². The van der Waals surface area contributed by atoms with Crippen molar-refractivity contribution in [2.45, 2.75) is 52.0 Å². The zero-order chi connectivity index (χ0) is 25.6. The van der Waals surface area contributed by atoms with Crippen LogP contribution in [-0.4, -0.2) is 35.2 Å². The van der Waals surface area contributed by atoms with Gasteiger partial charge >= 0.3 is 0 Å². The van der Waals surface area contributed by atoms with Crippen molar-refractivity contribution in [3.8, 4) is 11.5 Å². The van der Waals surface area contributed by atoms with Crippen LogP contribution in [0.1, 0.15) is 50.4 Å². The Balaban J connectivity index is 1.28. The van der Waals surface area contributed by atoms with E-state index < -0.39 is 0 Å². The SMILES string of the molecule is CCOc1ccccc1N1CC(c2nc3ccccc3n2CCCCOc2ccc(CC)cc2)CC1=O. The van der Waals surface area contributed by atoms with Crippen LogP contribution in [0.5, 0.6) is 11.5 Å². The number of benzene rings is 3. The van der Waals surface area contributed by atoms with Gasteiger partial charge in [-0.25, -0.2) is 4.98 Å². The molecule has 3 aromatic carbocycles. The number of rotatable bonds is 11. The summed E-state index contributed by atoms with van der Waals surface area (Å²) in [4.78, 5) is 20.0. The quantitative estimate of drug-likeness (QED) is 0.226. The van der Waals surface area contributed by atoms with E-state index in [1.807, 2.05) is 54.3 Å². The number of nitrogens with zero attached hydrogens (tertiary/aromatic N) is 3. The van der Waals surface area contributed by atoms with Crippen LogP contribution in [0.2, 0.25) is 0 Å². The molecule has 1 aliphatic rings. The first-order chi connectivity index (χ1) is 18.2. The Morgan fingerprint density at radius 2 is 1.70 bits per heavy atom. The molecule has 0 bridgehead atoms. The van der Waals surface area contributed by atoms with Gasteiger partial charge in [-0.15, -0.1) is 0 Å². The molecule has 0 N–H and O–H groups in total. The smallest absolute Gasteiger partial charge is 0.227 e. The van der Waals surface area contributed by atoms with Gasteiger partial charge in [0.25, 0.3) is 0 Å². The van der Waals surface area contributed by atoms with E-state index in [1.54, 1.807) is 0 Å². The van der Waals surface area contributed by atoms with E-state index in [4.69, 9.17) is 14.5 Å². The molecule has 2 heterocycles. The third kappa shape index (κ3) is 5.48. The molecule has 1 saturated heterocycles. The summed E-state index contributed by atoms with van der Waals surface area (Å²) in [6, 6.07) is 24.4. The van der Waals surface area contributed by atoms with Gasteiger partial charge < -0.3 is 18.9 Å². The van der Waals surface area contributed by atoms with Crippen LogP contribution in [-0.2, 0) is 17.8 Å². The van der Waals surface area contributed by atoms with Crippen molar-refractivity contribution in [3.05, 3.63) is 84.2 Å². The van der Waals surface area contributed by atoms with Crippen molar-refractivity contribution >= 4 is 22.6 Å². The fourth-order valence-corrected chi connectivity index (χ4v) is 5.10. The van der Waals surface area contributed by atoms with Gasteiger partial charge in [-0.1, -0.05) is 43.3 Å². The highest BCUT2D eigenvalue weighted by Gasteiger charge is 2.35. The number of aryl methyl sites for hydroxylation is 2. The first kappa shape index (κ1) is 24.9. The second kappa shape index (κ2) is 11.5. The van der Waals surface area contributed by atoms with Gasteiger partial charge in [0.1, 0.15) is 17.3 Å². The molecule has 0 saturated carbocycles. The fraction of sp³-hybridized carbons (Fsp3) is 0.355. The van der Waals surface area contributed by atoms with E-state index >= 15 is 0 Å². The Labute approximate surface area is 218 Å². The van der Waals surface area contributed by atoms with E-state index in [-0.39, 0.29) is 11.8 Å². The van der Waals surface area contributed by atoms with Crippen molar-refractivity contribution in [2.24, 2.45) is 0 Å². The Kier molecular flexibility index (Phi) is 7.73. The summed E-state index contributed by atoms with van der Waals surface area (Å²) in [5, 5.41) is 0. The first-order valence-corrected chi connectivity index (χ1v) is 13.4. The number of anilines is 1. The molecule has 0 radical (unpaired) electrons. The average Bonchev–Trinajstić information content (AvgIpc) is 3.49. The molecule has 6 heteroatoms. The summed E-state index contributed by atoms with van der Waals surface area (Å²) in [5.41, 5.74) is 4.25. The van der Waals surface area contributed by atoms with E-state index in [1.165, 1.54) is 5.56 Å². The Morgan fingerprint density at radius 1 is 0.919 bits per heavy atom. The lowest BCUT2D eigenvalue weighted by molar-refractivity contribution is -0.117. The molecule has 1 amide bonds. The molecule has 1 fully saturated rings. The number of ether oxygens (including phenoxy) is 2. The molecule has 6 nitrogen and oxygen atoms in total. The second-order valence-electron chi connectivity index (χ2n) is 9.47. The minimum absolute atomic E-state index is 0.0305. The molecule has 192 valence electrons. The van der Waals surface area contributed by atoms with Gasteiger partial charge in [0.05, 0.1) is 29.9 Å². The summed E-state index contributed by atoms with van der Waals surface area (Å²) >= 11 is 0. The monoisotopic (exact) mass is 497 g/mol. The standard InChI is InChI=1S/C31H35N3O3/c1-3-23-15-17-25(18-16-23)37-20-10-9-19-33-27-12-6-5-11-26(27)32-31(33)24-21-30(35)34(22-24)28-13-7-8-14-29(28)36-4-2/h5-8,11-18,24H,3-4,9-10,19-22H2,1-2H3. The molecule has 1 unspecified atom stereocenters. The van der Waals surface area contributed by atoms with Crippen molar-refractivity contribution in [1.29, 1.82) is 0 Å². The number of aromatic nitrogens is 2. The molecular weight excluding hydrogens is 462 g/mol. The number of hydrogen-bond donors (Lipinski definition) is 0. The normalized spacial score (nSPS) is 15.5.